The number of hydrogen-bond acceptors (Lipinski definition) is 7. The highest BCUT2D eigenvalue weighted by molar-refractivity contribution is 5.94. The second-order valence-corrected chi connectivity index (χ2v) is 7.78. The van der Waals surface area contributed by atoms with Crippen LogP contribution in [0.3, 0.4) is 0 Å². The number of carbonyl (C=O) groups excluding carboxylic acids is 1. The highest BCUT2D eigenvalue weighted by Crippen LogP contribution is 2.29. The first-order chi connectivity index (χ1) is 15.9. The molecule has 1 aliphatic rings. The van der Waals surface area contributed by atoms with Crippen LogP contribution in [0, 0.1) is 25.2 Å². The summed E-state index contributed by atoms with van der Waals surface area (Å²) in [5, 5.41) is 28.5. The van der Waals surface area contributed by atoms with Crippen LogP contribution in [0.15, 0.2) is 36.8 Å². The zero-order valence-electron chi connectivity index (χ0n) is 18.1. The number of nitrogens with zero attached hydrogens (tertiary/aromatic N) is 4. The number of aromatic nitrogens is 3. The van der Waals surface area contributed by atoms with E-state index in [1.54, 1.807) is 29.1 Å². The topological polar surface area (TPSA) is 142 Å². The lowest BCUT2D eigenvalue weighted by Crippen LogP contribution is -2.35. The molecule has 0 spiro atoms. The van der Waals surface area contributed by atoms with Crippen LogP contribution in [-0.2, 0) is 17.9 Å². The minimum atomic E-state index is -1.14. The molecule has 10 heteroatoms. The third-order valence-corrected chi connectivity index (χ3v) is 5.65. The Morgan fingerprint density at radius 1 is 1.36 bits per heavy atom. The van der Waals surface area contributed by atoms with Gasteiger partial charge in [0, 0.05) is 36.6 Å². The lowest BCUT2D eigenvalue weighted by atomic mass is 9.94. The summed E-state index contributed by atoms with van der Waals surface area (Å²) in [6, 6.07) is 6.82. The van der Waals surface area contributed by atoms with Crippen molar-refractivity contribution in [3.63, 3.8) is 0 Å². The zero-order valence-corrected chi connectivity index (χ0v) is 18.1. The van der Waals surface area contributed by atoms with Gasteiger partial charge >= 0.3 is 12.1 Å². The molecule has 1 atom stereocenters. The number of carboxylic acid groups (broad SMARTS) is 1. The summed E-state index contributed by atoms with van der Waals surface area (Å²) < 4.78 is 6.72. The second kappa shape index (κ2) is 9.10. The van der Waals surface area contributed by atoms with E-state index in [9.17, 15) is 14.7 Å². The van der Waals surface area contributed by atoms with Crippen molar-refractivity contribution in [3.05, 3.63) is 75.7 Å². The lowest BCUT2D eigenvalue weighted by molar-refractivity contribution is 0.0535. The molecule has 0 saturated heterocycles. The van der Waals surface area contributed by atoms with Crippen molar-refractivity contribution in [3.8, 4) is 11.9 Å². The molecule has 0 aliphatic carbocycles. The number of nitriles is 1. The number of ether oxygens (including phenoxy) is 1. The van der Waals surface area contributed by atoms with Crippen LogP contribution in [-0.4, -0.2) is 38.5 Å². The van der Waals surface area contributed by atoms with Crippen LogP contribution in [0.1, 0.15) is 49.8 Å². The third-order valence-electron chi connectivity index (χ3n) is 5.65. The second-order valence-electron chi connectivity index (χ2n) is 7.78. The molecule has 4 rings (SSSR count). The quantitative estimate of drug-likeness (QED) is 0.470. The maximum atomic E-state index is 11.8. The molecule has 2 aromatic heterocycles. The predicted octanol–water partition coefficient (Wildman–Crippen LogP) is 2.52. The monoisotopic (exact) mass is 446 g/mol. The fourth-order valence-corrected chi connectivity index (χ4v) is 3.85. The molecule has 1 aliphatic heterocycles. The molecular weight excluding hydrogens is 424 g/mol. The molecule has 3 heterocycles. The Balaban J connectivity index is 1.45. The molecule has 10 nitrogen and oxygen atoms in total. The fourth-order valence-electron chi connectivity index (χ4n) is 3.85. The number of fused-ring (bicyclic) bond motifs is 1. The number of rotatable bonds is 7. The van der Waals surface area contributed by atoms with E-state index in [1.807, 2.05) is 20.0 Å². The molecule has 168 valence electrons. The number of esters is 1. The van der Waals surface area contributed by atoms with Gasteiger partial charge in [0.1, 0.15) is 12.7 Å². The van der Waals surface area contributed by atoms with Crippen molar-refractivity contribution in [2.75, 3.05) is 6.54 Å². The van der Waals surface area contributed by atoms with Crippen LogP contribution >= 0.6 is 0 Å². The number of cyclic esters (lactones) is 1. The number of carbonyl (C=O) groups is 2. The maximum Gasteiger partial charge on any atom is 0.405 e. The highest BCUT2D eigenvalue weighted by atomic mass is 16.5. The van der Waals surface area contributed by atoms with Crippen LogP contribution in [0.2, 0.25) is 0 Å². The first kappa shape index (κ1) is 22.0. The van der Waals surface area contributed by atoms with Crippen molar-refractivity contribution in [2.24, 2.45) is 0 Å². The number of nitrogens with one attached hydrogen (secondary N) is 2. The Kier molecular flexibility index (Phi) is 6.06. The molecule has 1 amide bonds. The van der Waals surface area contributed by atoms with E-state index < -0.39 is 12.1 Å². The van der Waals surface area contributed by atoms with E-state index in [0.717, 1.165) is 27.8 Å². The number of pyridine rings is 1. The van der Waals surface area contributed by atoms with E-state index in [2.05, 4.69) is 26.8 Å². The summed E-state index contributed by atoms with van der Waals surface area (Å²) in [7, 11) is 0. The largest absolute Gasteiger partial charge is 0.465 e. The standard InChI is InChI=1S/C23H22N6O4/c1-13-5-21(26-9-16(13)6-24)29-11-15(8-27-29)7-25-10-20(28-23(31)32)17-3-4-18-19(14(17)2)12-33-22(18)30/h3-5,8-9,11,20,25,28H,7,10,12H2,1-2H3,(H,31,32)/t20-/m0/s1. The van der Waals surface area contributed by atoms with Gasteiger partial charge < -0.3 is 20.5 Å². The summed E-state index contributed by atoms with van der Waals surface area (Å²) in [5.74, 6) is 0.248. The summed E-state index contributed by atoms with van der Waals surface area (Å²) in [4.78, 5) is 27.4. The van der Waals surface area contributed by atoms with Crippen molar-refractivity contribution >= 4 is 12.1 Å². The molecule has 0 radical (unpaired) electrons. The Labute approximate surface area is 189 Å². The zero-order chi connectivity index (χ0) is 23.5. The van der Waals surface area contributed by atoms with Gasteiger partial charge in [-0.05, 0) is 42.7 Å². The van der Waals surface area contributed by atoms with Gasteiger partial charge in [0.2, 0.25) is 0 Å². The minimum absolute atomic E-state index is 0.198. The van der Waals surface area contributed by atoms with E-state index in [0.29, 0.717) is 30.0 Å². The van der Waals surface area contributed by atoms with Crippen molar-refractivity contribution in [1.29, 1.82) is 5.26 Å². The van der Waals surface area contributed by atoms with Gasteiger partial charge in [-0.1, -0.05) is 6.07 Å². The molecular formula is C23H22N6O4. The van der Waals surface area contributed by atoms with Crippen molar-refractivity contribution in [2.45, 2.75) is 33.0 Å². The van der Waals surface area contributed by atoms with Gasteiger partial charge in [0.05, 0.1) is 23.4 Å². The minimum Gasteiger partial charge on any atom is -0.465 e. The molecule has 0 bridgehead atoms. The first-order valence-electron chi connectivity index (χ1n) is 10.3. The Bertz CT molecular complexity index is 1280. The number of aryl methyl sites for hydroxylation is 1. The fraction of sp³-hybridized carbons (Fsp3) is 0.261. The number of hydrogen-bond donors (Lipinski definition) is 3. The van der Waals surface area contributed by atoms with Crippen LogP contribution in [0.5, 0.6) is 0 Å². The van der Waals surface area contributed by atoms with Gasteiger partial charge in [0.15, 0.2) is 5.82 Å². The van der Waals surface area contributed by atoms with Crippen LogP contribution in [0.25, 0.3) is 5.82 Å². The van der Waals surface area contributed by atoms with Gasteiger partial charge in [-0.2, -0.15) is 10.4 Å². The Morgan fingerprint density at radius 2 is 2.18 bits per heavy atom. The van der Waals surface area contributed by atoms with E-state index in [-0.39, 0.29) is 12.6 Å². The summed E-state index contributed by atoms with van der Waals surface area (Å²) in [6.45, 7) is 4.69. The smallest absolute Gasteiger partial charge is 0.405 e. The maximum absolute atomic E-state index is 11.8. The molecule has 3 aromatic rings. The van der Waals surface area contributed by atoms with Crippen molar-refractivity contribution in [1.82, 2.24) is 25.4 Å². The van der Waals surface area contributed by atoms with E-state index in [1.165, 1.54) is 6.20 Å². The third kappa shape index (κ3) is 4.53. The molecule has 1 aromatic carbocycles. The summed E-state index contributed by atoms with van der Waals surface area (Å²) in [6.07, 6.45) is 3.91. The number of benzene rings is 1. The van der Waals surface area contributed by atoms with Crippen LogP contribution in [0.4, 0.5) is 4.79 Å². The Hall–Kier alpha value is -4.23. The van der Waals surface area contributed by atoms with Gasteiger partial charge in [-0.15, -0.1) is 0 Å². The summed E-state index contributed by atoms with van der Waals surface area (Å²) >= 11 is 0. The molecule has 0 unspecified atom stereocenters. The molecule has 33 heavy (non-hydrogen) atoms. The van der Waals surface area contributed by atoms with Gasteiger partial charge in [-0.25, -0.2) is 19.3 Å². The van der Waals surface area contributed by atoms with Crippen molar-refractivity contribution < 1.29 is 19.4 Å². The van der Waals surface area contributed by atoms with Gasteiger partial charge in [0.25, 0.3) is 0 Å². The first-order valence-corrected chi connectivity index (χ1v) is 10.3. The SMILES string of the molecule is Cc1cc(-n2cc(CNC[C@H](NC(=O)O)c3ccc4c(c3C)COC4=O)cn2)ncc1C#N. The van der Waals surface area contributed by atoms with Gasteiger partial charge in [-0.3, -0.25) is 0 Å². The average Bonchev–Trinajstić information content (AvgIpc) is 3.40. The lowest BCUT2D eigenvalue weighted by Gasteiger charge is -2.21. The van der Waals surface area contributed by atoms with E-state index in [4.69, 9.17) is 10.00 Å². The highest BCUT2D eigenvalue weighted by Gasteiger charge is 2.26. The Morgan fingerprint density at radius 3 is 2.91 bits per heavy atom. The average molecular weight is 446 g/mol. The molecule has 3 N–H and O–H groups in total. The normalized spacial score (nSPS) is 13.2. The number of amides is 1. The summed E-state index contributed by atoms with van der Waals surface area (Å²) in [5.41, 5.74) is 5.17. The predicted molar refractivity (Wildman–Crippen MR) is 117 cm³/mol. The van der Waals surface area contributed by atoms with Crippen LogP contribution < -0.4 is 10.6 Å². The molecule has 0 fully saturated rings. The molecule has 0 saturated carbocycles. The van der Waals surface area contributed by atoms with E-state index >= 15 is 0 Å².